The SMILES string of the molecule is C/C=C/NC(=O)C(C)C. The molecule has 0 aliphatic heterocycles. The standard InChI is InChI=1S/C7H13NO/c1-4-5-8-7(9)6(2)3/h4-6H,1-3H3,(H,8,9)/b5-4+. The lowest BCUT2D eigenvalue weighted by Crippen LogP contribution is -2.22. The largest absolute Gasteiger partial charge is 0.333 e. The maximum atomic E-state index is 10.7. The van der Waals surface area contributed by atoms with Gasteiger partial charge in [0.25, 0.3) is 0 Å². The maximum absolute atomic E-state index is 10.7. The molecule has 9 heavy (non-hydrogen) atoms. The van der Waals surface area contributed by atoms with E-state index in [4.69, 9.17) is 0 Å². The predicted octanol–water partition coefficient (Wildman–Crippen LogP) is 1.29. The topological polar surface area (TPSA) is 29.1 Å². The summed E-state index contributed by atoms with van der Waals surface area (Å²) in [7, 11) is 0. The molecule has 52 valence electrons. The Balaban J connectivity index is 3.51. The summed E-state index contributed by atoms with van der Waals surface area (Å²) in [6.45, 7) is 5.58. The van der Waals surface area contributed by atoms with E-state index in [9.17, 15) is 4.79 Å². The average Bonchev–Trinajstić information content (AvgIpc) is 1.82. The van der Waals surface area contributed by atoms with E-state index in [1.807, 2.05) is 20.8 Å². The molecule has 1 N–H and O–H groups in total. The van der Waals surface area contributed by atoms with E-state index >= 15 is 0 Å². The Morgan fingerprint density at radius 3 is 2.44 bits per heavy atom. The summed E-state index contributed by atoms with van der Waals surface area (Å²) >= 11 is 0. The van der Waals surface area contributed by atoms with Crippen molar-refractivity contribution in [3.63, 3.8) is 0 Å². The van der Waals surface area contributed by atoms with Gasteiger partial charge in [-0.05, 0) is 13.1 Å². The Kier molecular flexibility index (Phi) is 3.76. The smallest absolute Gasteiger partial charge is 0.226 e. The third-order valence-electron chi connectivity index (χ3n) is 0.917. The number of rotatable bonds is 2. The molecule has 0 bridgehead atoms. The molecule has 0 aliphatic carbocycles. The van der Waals surface area contributed by atoms with Crippen LogP contribution in [-0.4, -0.2) is 5.91 Å². The summed E-state index contributed by atoms with van der Waals surface area (Å²) in [5.41, 5.74) is 0. The zero-order chi connectivity index (χ0) is 7.28. The average molecular weight is 127 g/mol. The normalized spacial score (nSPS) is 10.7. The summed E-state index contributed by atoms with van der Waals surface area (Å²) in [5.74, 6) is 0.134. The molecule has 0 saturated heterocycles. The monoisotopic (exact) mass is 127 g/mol. The van der Waals surface area contributed by atoms with Crippen LogP contribution in [0.2, 0.25) is 0 Å². The highest BCUT2D eigenvalue weighted by Crippen LogP contribution is 1.89. The van der Waals surface area contributed by atoms with Crippen LogP contribution >= 0.6 is 0 Å². The summed E-state index contributed by atoms with van der Waals surface area (Å²) in [6, 6.07) is 0. The van der Waals surface area contributed by atoms with Crippen molar-refractivity contribution in [2.24, 2.45) is 5.92 Å². The van der Waals surface area contributed by atoms with E-state index in [-0.39, 0.29) is 11.8 Å². The second-order valence-corrected chi connectivity index (χ2v) is 2.16. The lowest BCUT2D eigenvalue weighted by atomic mass is 10.2. The molecule has 0 aromatic carbocycles. The molecule has 0 spiro atoms. The van der Waals surface area contributed by atoms with Crippen molar-refractivity contribution in [2.75, 3.05) is 0 Å². The van der Waals surface area contributed by atoms with E-state index in [1.54, 1.807) is 12.3 Å². The molecule has 0 unspecified atom stereocenters. The van der Waals surface area contributed by atoms with Gasteiger partial charge in [-0.3, -0.25) is 4.79 Å². The zero-order valence-electron chi connectivity index (χ0n) is 6.14. The number of hydrogen-bond donors (Lipinski definition) is 1. The second kappa shape index (κ2) is 4.13. The van der Waals surface area contributed by atoms with Gasteiger partial charge in [-0.15, -0.1) is 0 Å². The van der Waals surface area contributed by atoms with Crippen molar-refractivity contribution in [3.8, 4) is 0 Å². The number of amides is 1. The van der Waals surface area contributed by atoms with Gasteiger partial charge in [0.1, 0.15) is 0 Å². The minimum Gasteiger partial charge on any atom is -0.333 e. The van der Waals surface area contributed by atoms with E-state index in [0.717, 1.165) is 0 Å². The number of nitrogens with one attached hydrogen (secondary N) is 1. The van der Waals surface area contributed by atoms with E-state index in [0.29, 0.717) is 0 Å². The van der Waals surface area contributed by atoms with E-state index in [1.165, 1.54) is 0 Å². The molecular weight excluding hydrogens is 114 g/mol. The lowest BCUT2D eigenvalue weighted by Gasteiger charge is -2.00. The predicted molar refractivity (Wildman–Crippen MR) is 37.8 cm³/mol. The van der Waals surface area contributed by atoms with Gasteiger partial charge in [0.2, 0.25) is 5.91 Å². The van der Waals surface area contributed by atoms with Crippen molar-refractivity contribution in [1.29, 1.82) is 0 Å². The molecule has 0 aliphatic rings. The molecule has 0 fully saturated rings. The summed E-state index contributed by atoms with van der Waals surface area (Å²) in [5, 5.41) is 2.61. The van der Waals surface area contributed by atoms with Gasteiger partial charge < -0.3 is 5.32 Å². The van der Waals surface area contributed by atoms with Crippen LogP contribution in [0.25, 0.3) is 0 Å². The van der Waals surface area contributed by atoms with Gasteiger partial charge in [0.15, 0.2) is 0 Å². The molecular formula is C7H13NO. The van der Waals surface area contributed by atoms with Crippen molar-refractivity contribution in [2.45, 2.75) is 20.8 Å². The molecule has 2 heteroatoms. The zero-order valence-corrected chi connectivity index (χ0v) is 6.14. The van der Waals surface area contributed by atoms with Gasteiger partial charge >= 0.3 is 0 Å². The quantitative estimate of drug-likeness (QED) is 0.595. The first kappa shape index (κ1) is 8.21. The number of allylic oxidation sites excluding steroid dienone is 1. The first-order valence-electron chi connectivity index (χ1n) is 3.10. The Morgan fingerprint density at radius 2 is 2.11 bits per heavy atom. The summed E-state index contributed by atoms with van der Waals surface area (Å²) in [6.07, 6.45) is 3.43. The third kappa shape index (κ3) is 3.76. The molecule has 0 aromatic rings. The molecule has 2 nitrogen and oxygen atoms in total. The van der Waals surface area contributed by atoms with Crippen molar-refractivity contribution in [1.82, 2.24) is 5.32 Å². The summed E-state index contributed by atoms with van der Waals surface area (Å²) in [4.78, 5) is 10.7. The number of carbonyl (C=O) groups is 1. The van der Waals surface area contributed by atoms with E-state index < -0.39 is 0 Å². The minimum atomic E-state index is 0.0631. The second-order valence-electron chi connectivity index (χ2n) is 2.16. The highest BCUT2D eigenvalue weighted by molar-refractivity contribution is 5.78. The van der Waals surface area contributed by atoms with Crippen LogP contribution in [0.3, 0.4) is 0 Å². The van der Waals surface area contributed by atoms with Gasteiger partial charge in [-0.25, -0.2) is 0 Å². The molecule has 0 aromatic heterocycles. The van der Waals surface area contributed by atoms with Gasteiger partial charge in [0, 0.05) is 5.92 Å². The summed E-state index contributed by atoms with van der Waals surface area (Å²) < 4.78 is 0. The van der Waals surface area contributed by atoms with Crippen molar-refractivity contribution >= 4 is 5.91 Å². The lowest BCUT2D eigenvalue weighted by molar-refractivity contribution is -0.123. The molecule has 0 saturated carbocycles. The highest BCUT2D eigenvalue weighted by atomic mass is 16.1. The fourth-order valence-electron chi connectivity index (χ4n) is 0.332. The van der Waals surface area contributed by atoms with E-state index in [2.05, 4.69) is 5.32 Å². The third-order valence-corrected chi connectivity index (χ3v) is 0.917. The molecule has 0 rings (SSSR count). The van der Waals surface area contributed by atoms with Crippen LogP contribution in [0.1, 0.15) is 20.8 Å². The van der Waals surface area contributed by atoms with Crippen LogP contribution in [0.5, 0.6) is 0 Å². The molecule has 1 amide bonds. The van der Waals surface area contributed by atoms with Crippen LogP contribution in [0, 0.1) is 5.92 Å². The number of carbonyl (C=O) groups excluding carboxylic acids is 1. The molecule has 0 atom stereocenters. The Labute approximate surface area is 56.0 Å². The Bertz CT molecular complexity index is 116. The van der Waals surface area contributed by atoms with Crippen molar-refractivity contribution in [3.05, 3.63) is 12.3 Å². The molecule has 0 heterocycles. The van der Waals surface area contributed by atoms with Gasteiger partial charge in [0.05, 0.1) is 0 Å². The first-order valence-corrected chi connectivity index (χ1v) is 3.10. The van der Waals surface area contributed by atoms with Crippen LogP contribution in [0.4, 0.5) is 0 Å². The van der Waals surface area contributed by atoms with Gasteiger partial charge in [-0.2, -0.15) is 0 Å². The van der Waals surface area contributed by atoms with Crippen LogP contribution in [-0.2, 0) is 4.79 Å². The Hall–Kier alpha value is -0.790. The first-order chi connectivity index (χ1) is 4.18. The Morgan fingerprint density at radius 1 is 1.56 bits per heavy atom. The van der Waals surface area contributed by atoms with Crippen molar-refractivity contribution < 1.29 is 4.79 Å². The van der Waals surface area contributed by atoms with Crippen LogP contribution < -0.4 is 5.32 Å². The highest BCUT2D eigenvalue weighted by Gasteiger charge is 2.01. The fourth-order valence-corrected chi connectivity index (χ4v) is 0.332. The molecule has 0 radical (unpaired) electrons. The van der Waals surface area contributed by atoms with Gasteiger partial charge in [-0.1, -0.05) is 19.9 Å². The number of hydrogen-bond acceptors (Lipinski definition) is 1. The fraction of sp³-hybridized carbons (Fsp3) is 0.571. The van der Waals surface area contributed by atoms with Crippen LogP contribution in [0.15, 0.2) is 12.3 Å². The minimum absolute atomic E-state index is 0.0631. The maximum Gasteiger partial charge on any atom is 0.226 e.